The van der Waals surface area contributed by atoms with Gasteiger partial charge in [-0.25, -0.2) is 0 Å². The molecule has 4 nitrogen and oxygen atoms in total. The fourth-order valence-electron chi connectivity index (χ4n) is 2.34. The minimum absolute atomic E-state index is 0.461. The second kappa shape index (κ2) is 7.15. The van der Waals surface area contributed by atoms with Gasteiger partial charge in [0.05, 0.1) is 6.21 Å². The standard InChI is InChI=1S/C18H18N4S/c1-13-10-16-15(8-5-9-17(16)21-13)11-20-22-18(19)23-12-14-6-3-2-4-7-14/h2-11,21H,12H2,1H3,(H2,19,22). The summed E-state index contributed by atoms with van der Waals surface area (Å²) in [6.07, 6.45) is 1.74. The smallest absolute Gasteiger partial charge is 0.180 e. The van der Waals surface area contributed by atoms with E-state index in [1.807, 2.05) is 43.3 Å². The SMILES string of the molecule is Cc1cc2c(C=NN=C(N)SCc3ccccc3)cccc2[nH]1. The summed E-state index contributed by atoms with van der Waals surface area (Å²) in [5.74, 6) is 0.790. The van der Waals surface area contributed by atoms with E-state index >= 15 is 0 Å². The number of aromatic amines is 1. The van der Waals surface area contributed by atoms with Gasteiger partial charge in [0, 0.05) is 27.9 Å². The highest BCUT2D eigenvalue weighted by molar-refractivity contribution is 8.13. The third kappa shape index (κ3) is 4.02. The van der Waals surface area contributed by atoms with Gasteiger partial charge in [-0.15, -0.1) is 5.10 Å². The van der Waals surface area contributed by atoms with Crippen LogP contribution in [0.2, 0.25) is 0 Å². The molecule has 0 saturated heterocycles. The normalized spacial score (nSPS) is 12.3. The van der Waals surface area contributed by atoms with Crippen LogP contribution in [0.3, 0.4) is 0 Å². The third-order valence-electron chi connectivity index (χ3n) is 3.42. The van der Waals surface area contributed by atoms with Crippen molar-refractivity contribution < 1.29 is 0 Å². The van der Waals surface area contributed by atoms with Crippen molar-refractivity contribution in [3.05, 3.63) is 71.4 Å². The maximum atomic E-state index is 5.90. The molecule has 0 aliphatic carbocycles. The number of hydrogen-bond acceptors (Lipinski definition) is 3. The summed E-state index contributed by atoms with van der Waals surface area (Å²) < 4.78 is 0. The number of aryl methyl sites for hydroxylation is 1. The number of aromatic nitrogens is 1. The van der Waals surface area contributed by atoms with Gasteiger partial charge in [-0.3, -0.25) is 0 Å². The average molecular weight is 322 g/mol. The first-order valence-electron chi connectivity index (χ1n) is 7.34. The van der Waals surface area contributed by atoms with Gasteiger partial charge in [0.15, 0.2) is 5.17 Å². The van der Waals surface area contributed by atoms with E-state index in [2.05, 4.69) is 33.4 Å². The van der Waals surface area contributed by atoms with E-state index < -0.39 is 0 Å². The molecule has 2 aromatic carbocycles. The van der Waals surface area contributed by atoms with Gasteiger partial charge >= 0.3 is 0 Å². The first-order valence-corrected chi connectivity index (χ1v) is 8.32. The summed E-state index contributed by atoms with van der Waals surface area (Å²) >= 11 is 1.48. The van der Waals surface area contributed by atoms with Crippen LogP contribution in [0, 0.1) is 6.92 Å². The minimum Gasteiger partial charge on any atom is -0.377 e. The van der Waals surface area contributed by atoms with Gasteiger partial charge in [-0.1, -0.05) is 54.2 Å². The van der Waals surface area contributed by atoms with Crippen LogP contribution >= 0.6 is 11.8 Å². The summed E-state index contributed by atoms with van der Waals surface area (Å²) in [5.41, 5.74) is 10.4. The molecule has 0 unspecified atom stereocenters. The number of amidine groups is 1. The molecule has 0 saturated carbocycles. The zero-order valence-electron chi connectivity index (χ0n) is 12.9. The number of thioether (sulfide) groups is 1. The maximum absolute atomic E-state index is 5.90. The van der Waals surface area contributed by atoms with Crippen molar-refractivity contribution in [3.63, 3.8) is 0 Å². The van der Waals surface area contributed by atoms with Crippen molar-refractivity contribution >= 4 is 34.0 Å². The Balaban J connectivity index is 1.67. The Morgan fingerprint density at radius 1 is 1.17 bits per heavy atom. The molecule has 0 bridgehead atoms. The summed E-state index contributed by atoms with van der Waals surface area (Å²) in [6.45, 7) is 2.04. The molecule has 3 rings (SSSR count). The highest BCUT2D eigenvalue weighted by atomic mass is 32.2. The van der Waals surface area contributed by atoms with Gasteiger partial charge < -0.3 is 10.7 Å². The average Bonchev–Trinajstić information content (AvgIpc) is 2.95. The van der Waals surface area contributed by atoms with Crippen molar-refractivity contribution in [2.75, 3.05) is 0 Å². The van der Waals surface area contributed by atoms with Gasteiger partial charge in [0.1, 0.15) is 0 Å². The fourth-order valence-corrected chi connectivity index (χ4v) is 2.95. The van der Waals surface area contributed by atoms with Crippen LogP contribution in [-0.2, 0) is 5.75 Å². The Morgan fingerprint density at radius 3 is 2.83 bits per heavy atom. The van der Waals surface area contributed by atoms with Crippen LogP contribution in [0.25, 0.3) is 10.9 Å². The first kappa shape index (κ1) is 15.4. The zero-order chi connectivity index (χ0) is 16.1. The maximum Gasteiger partial charge on any atom is 0.180 e. The molecule has 5 heteroatoms. The minimum atomic E-state index is 0.461. The number of hydrogen-bond donors (Lipinski definition) is 2. The number of benzene rings is 2. The van der Waals surface area contributed by atoms with Gasteiger partial charge in [-0.2, -0.15) is 5.10 Å². The van der Waals surface area contributed by atoms with Crippen molar-refractivity contribution in [3.8, 4) is 0 Å². The lowest BCUT2D eigenvalue weighted by Gasteiger charge is -1.99. The van der Waals surface area contributed by atoms with E-state index in [1.165, 1.54) is 17.3 Å². The number of fused-ring (bicyclic) bond motifs is 1. The zero-order valence-corrected chi connectivity index (χ0v) is 13.7. The summed E-state index contributed by atoms with van der Waals surface area (Å²) in [5, 5.41) is 9.78. The van der Waals surface area contributed by atoms with Crippen LogP contribution in [0.4, 0.5) is 0 Å². The predicted molar refractivity (Wildman–Crippen MR) is 100.0 cm³/mol. The lowest BCUT2D eigenvalue weighted by molar-refractivity contribution is 1.25. The highest BCUT2D eigenvalue weighted by Gasteiger charge is 2.01. The lowest BCUT2D eigenvalue weighted by Crippen LogP contribution is -2.06. The van der Waals surface area contributed by atoms with Gasteiger partial charge in [0.2, 0.25) is 0 Å². The molecule has 0 amide bonds. The van der Waals surface area contributed by atoms with E-state index in [-0.39, 0.29) is 0 Å². The Kier molecular flexibility index (Phi) is 4.78. The van der Waals surface area contributed by atoms with E-state index in [9.17, 15) is 0 Å². The topological polar surface area (TPSA) is 66.5 Å². The molecule has 116 valence electrons. The number of rotatable bonds is 4. The van der Waals surface area contributed by atoms with Crippen molar-refractivity contribution in [1.29, 1.82) is 0 Å². The largest absolute Gasteiger partial charge is 0.377 e. The third-order valence-corrected chi connectivity index (χ3v) is 4.27. The second-order valence-electron chi connectivity index (χ2n) is 5.22. The molecule has 0 fully saturated rings. The van der Waals surface area contributed by atoms with E-state index in [1.54, 1.807) is 6.21 Å². The van der Waals surface area contributed by atoms with Crippen LogP contribution in [-0.4, -0.2) is 16.4 Å². The molecule has 0 radical (unpaired) electrons. The van der Waals surface area contributed by atoms with E-state index in [4.69, 9.17) is 5.73 Å². The number of nitrogens with zero attached hydrogens (tertiary/aromatic N) is 2. The van der Waals surface area contributed by atoms with Gasteiger partial charge in [-0.05, 0) is 24.6 Å². The number of nitrogens with one attached hydrogen (secondary N) is 1. The van der Waals surface area contributed by atoms with Crippen molar-refractivity contribution in [1.82, 2.24) is 4.98 Å². The van der Waals surface area contributed by atoms with Crippen LogP contribution in [0.1, 0.15) is 16.8 Å². The molecule has 0 aliphatic rings. The quantitative estimate of drug-likeness (QED) is 0.432. The van der Waals surface area contributed by atoms with Gasteiger partial charge in [0.25, 0.3) is 0 Å². The highest BCUT2D eigenvalue weighted by Crippen LogP contribution is 2.18. The fraction of sp³-hybridized carbons (Fsp3) is 0.111. The molecule has 23 heavy (non-hydrogen) atoms. The summed E-state index contributed by atoms with van der Waals surface area (Å²) in [4.78, 5) is 3.31. The summed E-state index contributed by atoms with van der Waals surface area (Å²) in [6, 6.07) is 18.3. The Bertz CT molecular complexity index is 850. The van der Waals surface area contributed by atoms with Crippen LogP contribution in [0.15, 0.2) is 64.8 Å². The van der Waals surface area contributed by atoms with Crippen molar-refractivity contribution in [2.45, 2.75) is 12.7 Å². The van der Waals surface area contributed by atoms with Crippen LogP contribution < -0.4 is 5.73 Å². The Hall–Kier alpha value is -2.53. The summed E-state index contributed by atoms with van der Waals surface area (Å²) in [7, 11) is 0. The lowest BCUT2D eigenvalue weighted by atomic mass is 10.1. The molecular formula is C18H18N4S. The van der Waals surface area contributed by atoms with Crippen molar-refractivity contribution in [2.24, 2.45) is 15.9 Å². The first-order chi connectivity index (χ1) is 11.2. The molecule has 0 aliphatic heterocycles. The molecule has 0 spiro atoms. The molecule has 3 N–H and O–H groups in total. The molecule has 1 heterocycles. The Morgan fingerprint density at radius 2 is 2.00 bits per heavy atom. The van der Waals surface area contributed by atoms with Crippen LogP contribution in [0.5, 0.6) is 0 Å². The molecule has 0 atom stereocenters. The number of nitrogens with two attached hydrogens (primary N) is 1. The molecular weight excluding hydrogens is 304 g/mol. The predicted octanol–water partition coefficient (Wildman–Crippen LogP) is 4.06. The Labute approximate surface area is 139 Å². The molecule has 3 aromatic rings. The monoisotopic (exact) mass is 322 g/mol. The molecule has 1 aromatic heterocycles. The second-order valence-corrected chi connectivity index (χ2v) is 6.21. The van der Waals surface area contributed by atoms with E-state index in [0.717, 1.165) is 27.9 Å². The van der Waals surface area contributed by atoms with E-state index in [0.29, 0.717) is 5.17 Å². The number of H-pyrrole nitrogens is 1.